The van der Waals surface area contributed by atoms with Crippen molar-refractivity contribution in [2.75, 3.05) is 6.54 Å². The number of para-hydroxylation sites is 1. The van der Waals surface area contributed by atoms with Gasteiger partial charge in [-0.15, -0.1) is 0 Å². The summed E-state index contributed by atoms with van der Waals surface area (Å²) in [6.45, 7) is 1.38. The Hall–Kier alpha value is -2.13. The van der Waals surface area contributed by atoms with Crippen molar-refractivity contribution in [3.63, 3.8) is 0 Å². The smallest absolute Gasteiger partial charge is 0.134 e. The highest BCUT2D eigenvalue weighted by Gasteiger charge is 2.03. The lowest BCUT2D eigenvalue weighted by Crippen LogP contribution is -2.16. The molecule has 0 aliphatic heterocycles. The highest BCUT2D eigenvalue weighted by molar-refractivity contribution is 5.77. The average molecular weight is 269 g/mol. The molecule has 0 amide bonds. The molecule has 3 heteroatoms. The van der Waals surface area contributed by atoms with Crippen molar-refractivity contribution in [1.82, 2.24) is 5.32 Å². The first-order chi connectivity index (χ1) is 9.83. The van der Waals surface area contributed by atoms with Crippen molar-refractivity contribution >= 4 is 11.0 Å². The van der Waals surface area contributed by atoms with E-state index in [0.717, 1.165) is 28.8 Å². The van der Waals surface area contributed by atoms with Crippen LogP contribution in [0.5, 0.6) is 0 Å². The van der Waals surface area contributed by atoms with Crippen LogP contribution in [0.4, 0.5) is 4.39 Å². The fourth-order valence-corrected chi connectivity index (χ4v) is 2.26. The van der Waals surface area contributed by atoms with Crippen LogP contribution in [-0.2, 0) is 13.0 Å². The standard InChI is InChI=1S/C17H16FNO/c18-16-7-3-1-5-13(16)9-10-19-12-15-11-14-6-2-4-8-17(14)20-15/h1-8,11,19H,9-10,12H2. The molecule has 0 saturated carbocycles. The lowest BCUT2D eigenvalue weighted by molar-refractivity contribution is 0.513. The average Bonchev–Trinajstić information content (AvgIpc) is 2.88. The summed E-state index contributed by atoms with van der Waals surface area (Å²) < 4.78 is 19.1. The van der Waals surface area contributed by atoms with Gasteiger partial charge in [0.2, 0.25) is 0 Å². The zero-order chi connectivity index (χ0) is 13.8. The zero-order valence-electron chi connectivity index (χ0n) is 11.1. The number of rotatable bonds is 5. The van der Waals surface area contributed by atoms with Gasteiger partial charge >= 0.3 is 0 Å². The fourth-order valence-electron chi connectivity index (χ4n) is 2.26. The van der Waals surface area contributed by atoms with Crippen LogP contribution < -0.4 is 5.32 Å². The predicted octanol–water partition coefficient (Wildman–Crippen LogP) is 3.90. The van der Waals surface area contributed by atoms with Crippen molar-refractivity contribution < 1.29 is 8.81 Å². The maximum Gasteiger partial charge on any atom is 0.134 e. The van der Waals surface area contributed by atoms with Gasteiger partial charge in [-0.25, -0.2) is 4.39 Å². The molecule has 0 aliphatic carbocycles. The van der Waals surface area contributed by atoms with E-state index in [0.29, 0.717) is 13.0 Å². The maximum atomic E-state index is 13.4. The molecule has 0 unspecified atom stereocenters. The van der Waals surface area contributed by atoms with Gasteiger partial charge in [-0.05, 0) is 36.7 Å². The molecule has 1 N–H and O–H groups in total. The van der Waals surface area contributed by atoms with Crippen molar-refractivity contribution in [2.45, 2.75) is 13.0 Å². The van der Waals surface area contributed by atoms with Gasteiger partial charge in [0.15, 0.2) is 0 Å². The molecule has 3 aromatic rings. The lowest BCUT2D eigenvalue weighted by Gasteiger charge is -2.04. The van der Waals surface area contributed by atoms with Gasteiger partial charge in [0.1, 0.15) is 17.2 Å². The Morgan fingerprint density at radius 2 is 1.80 bits per heavy atom. The van der Waals surface area contributed by atoms with E-state index in [1.807, 2.05) is 42.5 Å². The van der Waals surface area contributed by atoms with E-state index in [1.165, 1.54) is 6.07 Å². The van der Waals surface area contributed by atoms with Gasteiger partial charge in [0.25, 0.3) is 0 Å². The summed E-state index contributed by atoms with van der Waals surface area (Å²) in [7, 11) is 0. The third-order valence-corrected chi connectivity index (χ3v) is 3.30. The largest absolute Gasteiger partial charge is 0.460 e. The first kappa shape index (κ1) is 12.9. The molecule has 102 valence electrons. The fraction of sp³-hybridized carbons (Fsp3) is 0.176. The second kappa shape index (κ2) is 5.88. The van der Waals surface area contributed by atoms with Crippen LogP contribution in [-0.4, -0.2) is 6.54 Å². The molecule has 3 rings (SSSR count). The molecule has 0 fully saturated rings. The summed E-state index contributed by atoms with van der Waals surface area (Å²) in [6, 6.07) is 16.9. The maximum absolute atomic E-state index is 13.4. The highest BCUT2D eigenvalue weighted by atomic mass is 19.1. The van der Waals surface area contributed by atoms with Crippen LogP contribution in [0.3, 0.4) is 0 Å². The highest BCUT2D eigenvalue weighted by Crippen LogP contribution is 2.18. The number of hydrogen-bond acceptors (Lipinski definition) is 2. The molecule has 1 heterocycles. The SMILES string of the molecule is Fc1ccccc1CCNCc1cc2ccccc2o1. The lowest BCUT2D eigenvalue weighted by atomic mass is 10.1. The monoisotopic (exact) mass is 269 g/mol. The van der Waals surface area contributed by atoms with Crippen molar-refractivity contribution in [3.05, 3.63) is 71.7 Å². The van der Waals surface area contributed by atoms with Gasteiger partial charge in [-0.1, -0.05) is 36.4 Å². The van der Waals surface area contributed by atoms with Crippen LogP contribution >= 0.6 is 0 Å². The minimum Gasteiger partial charge on any atom is -0.460 e. The number of halogens is 1. The Balaban J connectivity index is 1.54. The molecule has 2 nitrogen and oxygen atoms in total. The Morgan fingerprint density at radius 1 is 1.00 bits per heavy atom. The van der Waals surface area contributed by atoms with Crippen LogP contribution in [0.2, 0.25) is 0 Å². The number of furan rings is 1. The Morgan fingerprint density at radius 3 is 2.65 bits per heavy atom. The zero-order valence-corrected chi connectivity index (χ0v) is 11.1. The van der Waals surface area contributed by atoms with Gasteiger partial charge < -0.3 is 9.73 Å². The van der Waals surface area contributed by atoms with Gasteiger partial charge in [-0.3, -0.25) is 0 Å². The third kappa shape index (κ3) is 2.89. The van der Waals surface area contributed by atoms with Crippen molar-refractivity contribution in [1.29, 1.82) is 0 Å². The molecule has 0 radical (unpaired) electrons. The van der Waals surface area contributed by atoms with E-state index in [1.54, 1.807) is 6.07 Å². The van der Waals surface area contributed by atoms with Crippen molar-refractivity contribution in [2.24, 2.45) is 0 Å². The van der Waals surface area contributed by atoms with E-state index in [9.17, 15) is 4.39 Å². The predicted molar refractivity (Wildman–Crippen MR) is 78.0 cm³/mol. The second-order valence-electron chi connectivity index (χ2n) is 4.77. The summed E-state index contributed by atoms with van der Waals surface area (Å²) in [6.07, 6.45) is 0.674. The van der Waals surface area contributed by atoms with Gasteiger partial charge in [0.05, 0.1) is 6.54 Å². The summed E-state index contributed by atoms with van der Waals surface area (Å²) in [5.74, 6) is 0.762. The third-order valence-electron chi connectivity index (χ3n) is 3.30. The van der Waals surface area contributed by atoms with E-state index < -0.39 is 0 Å². The molecule has 2 aromatic carbocycles. The van der Waals surface area contributed by atoms with E-state index in [-0.39, 0.29) is 5.82 Å². The molecule has 20 heavy (non-hydrogen) atoms. The first-order valence-electron chi connectivity index (χ1n) is 6.74. The summed E-state index contributed by atoms with van der Waals surface area (Å²) in [4.78, 5) is 0. The molecular formula is C17H16FNO. The second-order valence-corrected chi connectivity index (χ2v) is 4.77. The molecule has 0 saturated heterocycles. The van der Waals surface area contributed by atoms with E-state index in [4.69, 9.17) is 4.42 Å². The molecular weight excluding hydrogens is 253 g/mol. The van der Waals surface area contributed by atoms with Crippen LogP contribution in [0.15, 0.2) is 59.0 Å². The molecule has 0 bridgehead atoms. The number of hydrogen-bond donors (Lipinski definition) is 1. The summed E-state index contributed by atoms with van der Waals surface area (Å²) in [5, 5.41) is 4.39. The number of fused-ring (bicyclic) bond motifs is 1. The quantitative estimate of drug-likeness (QED) is 0.710. The number of nitrogens with one attached hydrogen (secondary N) is 1. The Kier molecular flexibility index (Phi) is 3.79. The van der Waals surface area contributed by atoms with E-state index in [2.05, 4.69) is 5.32 Å². The summed E-state index contributed by atoms with van der Waals surface area (Å²) >= 11 is 0. The Bertz CT molecular complexity index is 672. The summed E-state index contributed by atoms with van der Waals surface area (Å²) in [5.41, 5.74) is 1.64. The normalized spacial score (nSPS) is 11.1. The van der Waals surface area contributed by atoms with Crippen LogP contribution in [0, 0.1) is 5.82 Å². The molecule has 0 atom stereocenters. The minimum atomic E-state index is -0.141. The van der Waals surface area contributed by atoms with Crippen LogP contribution in [0.25, 0.3) is 11.0 Å². The minimum absolute atomic E-state index is 0.141. The molecule has 0 aliphatic rings. The van der Waals surface area contributed by atoms with Gasteiger partial charge in [-0.2, -0.15) is 0 Å². The van der Waals surface area contributed by atoms with Crippen molar-refractivity contribution in [3.8, 4) is 0 Å². The van der Waals surface area contributed by atoms with Crippen LogP contribution in [0.1, 0.15) is 11.3 Å². The molecule has 1 aromatic heterocycles. The Labute approximate surface area is 117 Å². The number of benzene rings is 2. The van der Waals surface area contributed by atoms with Gasteiger partial charge in [0, 0.05) is 5.39 Å². The van der Waals surface area contributed by atoms with E-state index >= 15 is 0 Å². The topological polar surface area (TPSA) is 25.2 Å². The first-order valence-corrected chi connectivity index (χ1v) is 6.74. The molecule has 0 spiro atoms.